The second kappa shape index (κ2) is 6.19. The van der Waals surface area contributed by atoms with Gasteiger partial charge in [0.05, 0.1) is 5.75 Å². The van der Waals surface area contributed by atoms with Gasteiger partial charge in [0.1, 0.15) is 9.84 Å². The zero-order chi connectivity index (χ0) is 13.1. The van der Waals surface area contributed by atoms with Crippen LogP contribution < -0.4 is 5.32 Å². The minimum absolute atomic E-state index is 0.253. The van der Waals surface area contributed by atoms with Crippen molar-refractivity contribution in [3.05, 3.63) is 0 Å². The third kappa shape index (κ3) is 5.38. The average Bonchev–Trinajstić information content (AvgIpc) is 2.15. The molecule has 3 atom stereocenters. The maximum atomic E-state index is 11.1. The van der Waals surface area contributed by atoms with Crippen molar-refractivity contribution in [1.82, 2.24) is 5.32 Å². The number of sulfone groups is 1. The Morgan fingerprint density at radius 2 is 1.94 bits per heavy atom. The molecule has 3 nitrogen and oxygen atoms in total. The largest absolute Gasteiger partial charge is 0.313 e. The molecule has 0 aromatic carbocycles. The Balaban J connectivity index is 2.47. The van der Waals surface area contributed by atoms with E-state index in [1.165, 1.54) is 25.5 Å². The molecule has 1 saturated carbocycles. The second-order valence-corrected chi connectivity index (χ2v) is 8.28. The van der Waals surface area contributed by atoms with Crippen LogP contribution in [0.3, 0.4) is 0 Å². The fraction of sp³-hybridized carbons (Fsp3) is 1.00. The van der Waals surface area contributed by atoms with Crippen LogP contribution in [-0.2, 0) is 9.84 Å². The van der Waals surface area contributed by atoms with E-state index in [1.807, 2.05) is 0 Å². The van der Waals surface area contributed by atoms with Gasteiger partial charge < -0.3 is 5.32 Å². The van der Waals surface area contributed by atoms with Crippen molar-refractivity contribution < 1.29 is 8.42 Å². The van der Waals surface area contributed by atoms with E-state index in [2.05, 4.69) is 26.1 Å². The van der Waals surface area contributed by atoms with Gasteiger partial charge in [-0.1, -0.05) is 27.2 Å². The molecule has 17 heavy (non-hydrogen) atoms. The van der Waals surface area contributed by atoms with E-state index in [-0.39, 0.29) is 5.75 Å². The number of nitrogens with one attached hydrogen (secondary N) is 1. The van der Waals surface area contributed by atoms with E-state index < -0.39 is 9.84 Å². The molecule has 1 fully saturated rings. The molecule has 3 unspecified atom stereocenters. The van der Waals surface area contributed by atoms with Crippen LogP contribution in [0.5, 0.6) is 0 Å². The highest BCUT2D eigenvalue weighted by atomic mass is 32.2. The first kappa shape index (κ1) is 15.0. The number of hydrogen-bond acceptors (Lipinski definition) is 3. The highest BCUT2D eigenvalue weighted by Gasteiger charge is 2.30. The first-order valence-electron chi connectivity index (χ1n) is 6.70. The van der Waals surface area contributed by atoms with Crippen molar-refractivity contribution in [2.75, 3.05) is 18.6 Å². The molecule has 0 saturated heterocycles. The molecular weight excluding hydrogens is 234 g/mol. The molecule has 1 aliphatic rings. The van der Waals surface area contributed by atoms with E-state index in [4.69, 9.17) is 0 Å². The fourth-order valence-electron chi connectivity index (χ4n) is 2.87. The predicted octanol–water partition coefficient (Wildman–Crippen LogP) is 2.08. The lowest BCUT2D eigenvalue weighted by Gasteiger charge is -2.38. The summed E-state index contributed by atoms with van der Waals surface area (Å²) in [7, 11) is -2.84. The minimum Gasteiger partial charge on any atom is -0.313 e. The summed E-state index contributed by atoms with van der Waals surface area (Å²) in [4.78, 5) is 0. The first-order chi connectivity index (χ1) is 7.79. The maximum absolute atomic E-state index is 11.1. The van der Waals surface area contributed by atoms with Gasteiger partial charge in [-0.05, 0) is 30.6 Å². The lowest BCUT2D eigenvalue weighted by atomic mass is 9.74. The summed E-state index contributed by atoms with van der Waals surface area (Å²) in [5.41, 5.74) is 0. The Bertz CT molecular complexity index is 324. The Kier molecular flexibility index (Phi) is 5.45. The summed E-state index contributed by atoms with van der Waals surface area (Å²) < 4.78 is 22.2. The molecule has 0 aliphatic heterocycles. The molecule has 102 valence electrons. The molecule has 1 aliphatic carbocycles. The maximum Gasteiger partial charge on any atom is 0.148 e. The average molecular weight is 261 g/mol. The Morgan fingerprint density at radius 1 is 1.29 bits per heavy atom. The highest BCUT2D eigenvalue weighted by Crippen LogP contribution is 2.33. The molecule has 0 spiro atoms. The summed E-state index contributed by atoms with van der Waals surface area (Å²) >= 11 is 0. The lowest BCUT2D eigenvalue weighted by Crippen LogP contribution is -2.44. The molecule has 0 aromatic heterocycles. The van der Waals surface area contributed by atoms with Crippen molar-refractivity contribution >= 4 is 9.84 Å². The molecule has 0 heterocycles. The number of rotatable bonds is 5. The van der Waals surface area contributed by atoms with Gasteiger partial charge in [-0.25, -0.2) is 8.42 Å². The Hall–Kier alpha value is -0.0900. The minimum atomic E-state index is -2.84. The van der Waals surface area contributed by atoms with Crippen molar-refractivity contribution in [3.63, 3.8) is 0 Å². The summed E-state index contributed by atoms with van der Waals surface area (Å²) in [6.07, 6.45) is 5.08. The highest BCUT2D eigenvalue weighted by molar-refractivity contribution is 7.90. The molecule has 0 radical (unpaired) electrons. The SMILES string of the molecule is CC1CCC(C(C)C)C(NCCS(C)(=O)=O)C1. The Labute approximate surface area is 106 Å². The lowest BCUT2D eigenvalue weighted by molar-refractivity contribution is 0.172. The van der Waals surface area contributed by atoms with Crippen LogP contribution in [0.25, 0.3) is 0 Å². The molecule has 0 aromatic rings. The van der Waals surface area contributed by atoms with E-state index in [9.17, 15) is 8.42 Å². The third-order valence-corrected chi connectivity index (χ3v) is 4.85. The van der Waals surface area contributed by atoms with Gasteiger partial charge in [-0.15, -0.1) is 0 Å². The van der Waals surface area contributed by atoms with Crippen LogP contribution in [0, 0.1) is 17.8 Å². The van der Waals surface area contributed by atoms with Crippen LogP contribution >= 0.6 is 0 Å². The van der Waals surface area contributed by atoms with Gasteiger partial charge in [-0.2, -0.15) is 0 Å². The summed E-state index contributed by atoms with van der Waals surface area (Å²) in [5, 5.41) is 3.46. The summed E-state index contributed by atoms with van der Waals surface area (Å²) in [6, 6.07) is 0.500. The molecule has 0 amide bonds. The van der Waals surface area contributed by atoms with Gasteiger partial charge in [0.15, 0.2) is 0 Å². The van der Waals surface area contributed by atoms with Gasteiger partial charge in [0.25, 0.3) is 0 Å². The fourth-order valence-corrected chi connectivity index (χ4v) is 3.36. The second-order valence-electron chi connectivity index (χ2n) is 6.02. The van der Waals surface area contributed by atoms with Crippen LogP contribution in [-0.4, -0.2) is 33.0 Å². The van der Waals surface area contributed by atoms with Crippen molar-refractivity contribution in [2.45, 2.75) is 46.1 Å². The van der Waals surface area contributed by atoms with E-state index >= 15 is 0 Å². The van der Waals surface area contributed by atoms with Crippen LogP contribution in [0.15, 0.2) is 0 Å². The van der Waals surface area contributed by atoms with E-state index in [0.717, 1.165) is 5.92 Å². The quantitative estimate of drug-likeness (QED) is 0.824. The molecular formula is C13H27NO2S. The molecule has 1 N–H and O–H groups in total. The zero-order valence-electron chi connectivity index (χ0n) is 11.6. The van der Waals surface area contributed by atoms with E-state index in [0.29, 0.717) is 24.4 Å². The smallest absolute Gasteiger partial charge is 0.148 e. The van der Waals surface area contributed by atoms with Crippen LogP contribution in [0.4, 0.5) is 0 Å². The predicted molar refractivity (Wildman–Crippen MR) is 72.8 cm³/mol. The molecule has 1 rings (SSSR count). The monoisotopic (exact) mass is 261 g/mol. The third-order valence-electron chi connectivity index (χ3n) is 3.90. The first-order valence-corrected chi connectivity index (χ1v) is 8.76. The Morgan fingerprint density at radius 3 is 2.47 bits per heavy atom. The zero-order valence-corrected chi connectivity index (χ0v) is 12.4. The van der Waals surface area contributed by atoms with Crippen LogP contribution in [0.2, 0.25) is 0 Å². The van der Waals surface area contributed by atoms with Crippen LogP contribution in [0.1, 0.15) is 40.0 Å². The van der Waals surface area contributed by atoms with Crippen molar-refractivity contribution in [1.29, 1.82) is 0 Å². The summed E-state index contributed by atoms with van der Waals surface area (Å²) in [5.74, 6) is 2.40. The number of hydrogen-bond donors (Lipinski definition) is 1. The van der Waals surface area contributed by atoms with Gasteiger partial charge in [-0.3, -0.25) is 0 Å². The van der Waals surface area contributed by atoms with Gasteiger partial charge >= 0.3 is 0 Å². The van der Waals surface area contributed by atoms with E-state index in [1.54, 1.807) is 0 Å². The standard InChI is InChI=1S/C13H27NO2S/c1-10(2)12-6-5-11(3)9-13(12)14-7-8-17(4,15)16/h10-14H,5-9H2,1-4H3. The molecule has 0 bridgehead atoms. The summed E-state index contributed by atoms with van der Waals surface area (Å²) in [6.45, 7) is 7.43. The van der Waals surface area contributed by atoms with Crippen molar-refractivity contribution in [3.8, 4) is 0 Å². The van der Waals surface area contributed by atoms with Crippen molar-refractivity contribution in [2.24, 2.45) is 17.8 Å². The normalized spacial score (nSPS) is 30.8. The van der Waals surface area contributed by atoms with Gasteiger partial charge in [0.2, 0.25) is 0 Å². The molecule has 4 heteroatoms. The van der Waals surface area contributed by atoms with Gasteiger partial charge in [0, 0.05) is 18.8 Å². The topological polar surface area (TPSA) is 46.2 Å².